The van der Waals surface area contributed by atoms with Gasteiger partial charge in [-0.2, -0.15) is 8.78 Å². The Morgan fingerprint density at radius 3 is 2.26 bits per heavy atom. The van der Waals surface area contributed by atoms with Crippen LogP contribution in [-0.2, 0) is 28.7 Å². The van der Waals surface area contributed by atoms with E-state index in [2.05, 4.69) is 10.6 Å². The first kappa shape index (κ1) is 29.4. The van der Waals surface area contributed by atoms with Gasteiger partial charge in [-0.25, -0.2) is 0 Å². The highest BCUT2D eigenvalue weighted by atomic mass is 19.3. The molecule has 0 bridgehead atoms. The average molecular weight is 491 g/mol. The minimum Gasteiger partial charge on any atom is -0.370 e. The second-order valence-electron chi connectivity index (χ2n) is 9.55. The molecule has 194 valence electrons. The molecule has 4 amide bonds. The Kier molecular flexibility index (Phi) is 11.0. The predicted octanol–water partition coefficient (Wildman–Crippen LogP) is 0.387. The molecule has 1 heterocycles. The molecule has 1 fully saturated rings. The molecular formula is C22H36F2N4O6. The first-order valence-corrected chi connectivity index (χ1v) is 11.3. The van der Waals surface area contributed by atoms with Crippen LogP contribution in [-0.4, -0.2) is 84.2 Å². The smallest absolute Gasteiger partial charge is 0.315 e. The van der Waals surface area contributed by atoms with Crippen molar-refractivity contribution < 1.29 is 37.5 Å². The van der Waals surface area contributed by atoms with Crippen molar-refractivity contribution in [1.82, 2.24) is 20.9 Å². The lowest BCUT2D eigenvalue weighted by molar-refractivity contribution is -0.144. The van der Waals surface area contributed by atoms with Gasteiger partial charge >= 0.3 is 6.43 Å². The van der Waals surface area contributed by atoms with Crippen LogP contribution < -0.4 is 16.0 Å². The number of carbonyl (C=O) groups excluding carboxylic acids is 5. The second-order valence-corrected chi connectivity index (χ2v) is 9.55. The summed E-state index contributed by atoms with van der Waals surface area (Å²) in [7, 11) is 0. The van der Waals surface area contributed by atoms with Crippen LogP contribution in [0.25, 0.3) is 0 Å². The van der Waals surface area contributed by atoms with Gasteiger partial charge < -0.3 is 30.4 Å². The minimum absolute atomic E-state index is 0.150. The van der Waals surface area contributed by atoms with E-state index in [1.165, 1.54) is 11.8 Å². The zero-order valence-electron chi connectivity index (χ0n) is 20.5. The lowest BCUT2D eigenvalue weighted by Gasteiger charge is -2.34. The summed E-state index contributed by atoms with van der Waals surface area (Å²) in [6, 6.07) is -2.78. The molecule has 0 aromatic carbocycles. The van der Waals surface area contributed by atoms with Gasteiger partial charge in [0.15, 0.2) is 0 Å². The molecule has 3 N–H and O–H groups in total. The Labute approximate surface area is 198 Å². The molecule has 1 saturated heterocycles. The molecule has 0 aliphatic carbocycles. The molecule has 0 saturated carbocycles. The first-order chi connectivity index (χ1) is 15.7. The van der Waals surface area contributed by atoms with Crippen LogP contribution in [0, 0.1) is 5.92 Å². The molecular weight excluding hydrogens is 454 g/mol. The van der Waals surface area contributed by atoms with Crippen molar-refractivity contribution in [2.75, 3.05) is 13.1 Å². The van der Waals surface area contributed by atoms with Crippen LogP contribution in [0.3, 0.4) is 0 Å². The van der Waals surface area contributed by atoms with Crippen molar-refractivity contribution in [1.29, 1.82) is 0 Å². The van der Waals surface area contributed by atoms with Crippen LogP contribution in [0.4, 0.5) is 8.78 Å². The third kappa shape index (κ3) is 8.96. The van der Waals surface area contributed by atoms with Crippen LogP contribution >= 0.6 is 0 Å². The van der Waals surface area contributed by atoms with E-state index in [1.807, 2.05) is 5.32 Å². The maximum absolute atomic E-state index is 12.9. The van der Waals surface area contributed by atoms with Crippen molar-refractivity contribution in [3.63, 3.8) is 0 Å². The Bertz CT molecular complexity index is 756. The van der Waals surface area contributed by atoms with Gasteiger partial charge in [-0.15, -0.1) is 0 Å². The van der Waals surface area contributed by atoms with Crippen LogP contribution in [0.2, 0.25) is 0 Å². The lowest BCUT2D eigenvalue weighted by atomic mass is 9.97. The van der Waals surface area contributed by atoms with E-state index in [4.69, 9.17) is 4.74 Å². The SMILES string of the molecule is CC(OC(C)(C)C)C(NC(=O)C(F)F)C(=O)NCC(=O)N(C(C)C)C(C=O)CC1CCNC1=O. The maximum Gasteiger partial charge on any atom is 0.315 e. The topological polar surface area (TPSA) is 134 Å². The predicted molar refractivity (Wildman–Crippen MR) is 119 cm³/mol. The molecule has 0 spiro atoms. The Balaban J connectivity index is 2.92. The second kappa shape index (κ2) is 12.7. The van der Waals surface area contributed by atoms with E-state index in [0.29, 0.717) is 19.3 Å². The van der Waals surface area contributed by atoms with E-state index in [9.17, 15) is 32.8 Å². The summed E-state index contributed by atoms with van der Waals surface area (Å²) in [5.41, 5.74) is -0.735. The fraction of sp³-hybridized carbons (Fsp3) is 0.773. The molecule has 0 aromatic heterocycles. The van der Waals surface area contributed by atoms with Gasteiger partial charge in [-0.05, 0) is 54.4 Å². The third-order valence-electron chi connectivity index (χ3n) is 5.25. The number of rotatable bonds is 12. The highest BCUT2D eigenvalue weighted by Gasteiger charge is 2.35. The van der Waals surface area contributed by atoms with Gasteiger partial charge in [-0.1, -0.05) is 0 Å². The number of hydrogen-bond donors (Lipinski definition) is 3. The maximum atomic E-state index is 12.9. The molecule has 12 heteroatoms. The summed E-state index contributed by atoms with van der Waals surface area (Å²) in [5.74, 6) is -3.71. The fourth-order valence-electron chi connectivity index (χ4n) is 3.85. The van der Waals surface area contributed by atoms with Gasteiger partial charge in [0, 0.05) is 18.5 Å². The summed E-state index contributed by atoms with van der Waals surface area (Å²) in [5, 5.41) is 6.98. The number of aldehydes is 1. The van der Waals surface area contributed by atoms with E-state index in [0.717, 1.165) is 0 Å². The van der Waals surface area contributed by atoms with Crippen molar-refractivity contribution >= 4 is 29.9 Å². The standard InChI is InChI=1S/C22H36F2N4O6/c1-12(2)28(15(11-29)9-14-7-8-25-19(14)31)16(30)10-26-20(32)17(27-21(33)18(23)24)13(3)34-22(4,5)6/h11-15,17-18H,7-10H2,1-6H3,(H,25,31)(H,26,32)(H,27,33). The Morgan fingerprint density at radius 2 is 1.82 bits per heavy atom. The fourth-order valence-corrected chi connectivity index (χ4v) is 3.85. The molecule has 0 radical (unpaired) electrons. The highest BCUT2D eigenvalue weighted by molar-refractivity contribution is 5.92. The molecule has 10 nitrogen and oxygen atoms in total. The molecule has 34 heavy (non-hydrogen) atoms. The first-order valence-electron chi connectivity index (χ1n) is 11.3. The van der Waals surface area contributed by atoms with Crippen LogP contribution in [0.5, 0.6) is 0 Å². The number of amides is 4. The van der Waals surface area contributed by atoms with Crippen molar-refractivity contribution in [3.05, 3.63) is 0 Å². The zero-order chi connectivity index (χ0) is 26.2. The molecule has 1 aliphatic rings. The zero-order valence-corrected chi connectivity index (χ0v) is 20.5. The number of alkyl halides is 2. The van der Waals surface area contributed by atoms with E-state index in [-0.39, 0.29) is 12.3 Å². The van der Waals surface area contributed by atoms with E-state index < -0.39 is 66.4 Å². The summed E-state index contributed by atoms with van der Waals surface area (Å²) < 4.78 is 31.2. The molecule has 4 atom stereocenters. The number of halogens is 2. The Hall–Kier alpha value is -2.63. The van der Waals surface area contributed by atoms with Crippen LogP contribution in [0.15, 0.2) is 0 Å². The molecule has 1 rings (SSSR count). The number of nitrogens with one attached hydrogen (secondary N) is 3. The Morgan fingerprint density at radius 1 is 1.21 bits per heavy atom. The summed E-state index contributed by atoms with van der Waals surface area (Å²) in [6.45, 7) is 9.87. The number of ether oxygens (including phenoxy) is 1. The number of hydrogen-bond acceptors (Lipinski definition) is 6. The largest absolute Gasteiger partial charge is 0.370 e. The van der Waals surface area contributed by atoms with Crippen molar-refractivity contribution in [3.8, 4) is 0 Å². The quantitative estimate of drug-likeness (QED) is 0.339. The van der Waals surface area contributed by atoms with Gasteiger partial charge in [0.1, 0.15) is 12.3 Å². The molecule has 4 unspecified atom stereocenters. The lowest BCUT2D eigenvalue weighted by Crippen LogP contribution is -2.57. The summed E-state index contributed by atoms with van der Waals surface area (Å²) in [6.07, 6.45) is -3.02. The van der Waals surface area contributed by atoms with E-state index >= 15 is 0 Å². The van der Waals surface area contributed by atoms with Crippen LogP contribution in [0.1, 0.15) is 54.4 Å². The van der Waals surface area contributed by atoms with Crippen molar-refractivity contribution in [2.24, 2.45) is 5.92 Å². The third-order valence-corrected chi connectivity index (χ3v) is 5.25. The molecule has 0 aromatic rings. The number of carbonyl (C=O) groups is 5. The van der Waals surface area contributed by atoms with E-state index in [1.54, 1.807) is 34.6 Å². The normalized spacial score (nSPS) is 18.8. The minimum atomic E-state index is -3.34. The summed E-state index contributed by atoms with van der Waals surface area (Å²) >= 11 is 0. The van der Waals surface area contributed by atoms with Gasteiger partial charge in [0.2, 0.25) is 17.7 Å². The van der Waals surface area contributed by atoms with Gasteiger partial charge in [0.05, 0.1) is 24.3 Å². The average Bonchev–Trinajstić information content (AvgIpc) is 3.11. The summed E-state index contributed by atoms with van der Waals surface area (Å²) in [4.78, 5) is 62.1. The molecule has 1 aliphatic heterocycles. The van der Waals surface area contributed by atoms with Crippen molar-refractivity contribution in [2.45, 2.75) is 90.6 Å². The van der Waals surface area contributed by atoms with Gasteiger partial charge in [0.25, 0.3) is 5.91 Å². The highest BCUT2D eigenvalue weighted by Crippen LogP contribution is 2.20. The van der Waals surface area contributed by atoms with Gasteiger partial charge in [-0.3, -0.25) is 19.2 Å². The monoisotopic (exact) mass is 490 g/mol. The number of nitrogens with zero attached hydrogens (tertiary/aromatic N) is 1.